The van der Waals surface area contributed by atoms with Crippen molar-refractivity contribution in [2.45, 2.75) is 33.2 Å². The molecule has 4 heteroatoms. The van der Waals surface area contributed by atoms with Gasteiger partial charge in [0.2, 0.25) is 0 Å². The van der Waals surface area contributed by atoms with E-state index in [2.05, 4.69) is 0 Å². The van der Waals surface area contributed by atoms with E-state index in [0.29, 0.717) is 6.61 Å². The van der Waals surface area contributed by atoms with Crippen LogP contribution in [0.25, 0.3) is 0 Å². The van der Waals surface area contributed by atoms with Crippen molar-refractivity contribution in [3.8, 4) is 5.75 Å². The molecule has 0 radical (unpaired) electrons. The van der Waals surface area contributed by atoms with Crippen LogP contribution in [0.3, 0.4) is 0 Å². The molecule has 100 valence electrons. The second kappa shape index (κ2) is 6.89. The predicted molar refractivity (Wildman–Crippen MR) is 72.3 cm³/mol. The van der Waals surface area contributed by atoms with Crippen LogP contribution in [0.15, 0.2) is 24.3 Å². The molecule has 1 aromatic carbocycles. The van der Waals surface area contributed by atoms with Gasteiger partial charge in [0.1, 0.15) is 11.8 Å². The third-order valence-corrected chi connectivity index (χ3v) is 2.77. The van der Waals surface area contributed by atoms with Crippen LogP contribution in [0, 0.1) is 0 Å². The number of carbonyl (C=O) groups is 1. The van der Waals surface area contributed by atoms with E-state index in [0.717, 1.165) is 24.4 Å². The smallest absolute Gasteiger partial charge is 0.326 e. The van der Waals surface area contributed by atoms with Gasteiger partial charge in [0.05, 0.1) is 6.61 Å². The first-order valence-electron chi connectivity index (χ1n) is 6.32. The Morgan fingerprint density at radius 3 is 2.39 bits per heavy atom. The summed E-state index contributed by atoms with van der Waals surface area (Å²) < 4.78 is 5.37. The lowest BCUT2D eigenvalue weighted by Gasteiger charge is -2.28. The van der Waals surface area contributed by atoms with Gasteiger partial charge >= 0.3 is 5.97 Å². The summed E-state index contributed by atoms with van der Waals surface area (Å²) >= 11 is 0. The summed E-state index contributed by atoms with van der Waals surface area (Å²) in [5, 5.41) is 9.11. The summed E-state index contributed by atoms with van der Waals surface area (Å²) in [6.45, 7) is 7.03. The Labute approximate surface area is 108 Å². The molecule has 4 nitrogen and oxygen atoms in total. The van der Waals surface area contributed by atoms with E-state index in [1.54, 1.807) is 6.92 Å². The van der Waals surface area contributed by atoms with Crippen LogP contribution in [0.2, 0.25) is 0 Å². The van der Waals surface area contributed by atoms with E-state index in [1.807, 2.05) is 43.0 Å². The fourth-order valence-corrected chi connectivity index (χ4v) is 1.82. The zero-order valence-corrected chi connectivity index (χ0v) is 11.2. The Kier molecular flexibility index (Phi) is 5.49. The zero-order chi connectivity index (χ0) is 13.5. The van der Waals surface area contributed by atoms with Gasteiger partial charge in [-0.3, -0.25) is 0 Å². The highest BCUT2D eigenvalue weighted by atomic mass is 16.5. The number of ether oxygens (including phenoxy) is 1. The number of carboxylic acids is 1. The fraction of sp³-hybridized carbons (Fsp3) is 0.500. The number of carboxylic acid groups (broad SMARTS) is 1. The first kappa shape index (κ1) is 14.4. The van der Waals surface area contributed by atoms with E-state index in [1.165, 1.54) is 0 Å². The summed E-state index contributed by atoms with van der Waals surface area (Å²) in [7, 11) is 0. The number of benzene rings is 1. The summed E-state index contributed by atoms with van der Waals surface area (Å²) in [5.41, 5.74) is 0.912. The first-order chi connectivity index (χ1) is 8.60. The topological polar surface area (TPSA) is 49.8 Å². The van der Waals surface area contributed by atoms with Gasteiger partial charge in [0.15, 0.2) is 0 Å². The molecule has 0 saturated heterocycles. The Morgan fingerprint density at radius 2 is 1.94 bits per heavy atom. The van der Waals surface area contributed by atoms with Crippen molar-refractivity contribution < 1.29 is 14.6 Å². The first-order valence-corrected chi connectivity index (χ1v) is 6.32. The molecule has 0 saturated carbocycles. The molecule has 0 aliphatic rings. The minimum absolute atomic E-state index is 0.525. The molecular weight excluding hydrogens is 230 g/mol. The van der Waals surface area contributed by atoms with Crippen molar-refractivity contribution in [3.05, 3.63) is 24.3 Å². The number of anilines is 1. The molecule has 0 aromatic heterocycles. The SMILES string of the molecule is CCCN(c1ccc(OCC)cc1)[C@H](C)C(=O)O. The minimum Gasteiger partial charge on any atom is -0.494 e. The van der Waals surface area contributed by atoms with Crippen LogP contribution in [0.1, 0.15) is 27.2 Å². The van der Waals surface area contributed by atoms with Crippen LogP contribution in [0.5, 0.6) is 5.75 Å². The van der Waals surface area contributed by atoms with Gasteiger partial charge in [0.25, 0.3) is 0 Å². The van der Waals surface area contributed by atoms with E-state index >= 15 is 0 Å². The van der Waals surface area contributed by atoms with Gasteiger partial charge in [-0.15, -0.1) is 0 Å². The Bertz CT molecular complexity index is 375. The number of nitrogens with zero attached hydrogens (tertiary/aromatic N) is 1. The van der Waals surface area contributed by atoms with Gasteiger partial charge < -0.3 is 14.7 Å². The predicted octanol–water partition coefficient (Wildman–Crippen LogP) is 2.77. The lowest BCUT2D eigenvalue weighted by atomic mass is 10.2. The average Bonchev–Trinajstić information content (AvgIpc) is 2.36. The van der Waals surface area contributed by atoms with Gasteiger partial charge in [-0.05, 0) is 44.5 Å². The van der Waals surface area contributed by atoms with Gasteiger partial charge in [0, 0.05) is 12.2 Å². The Morgan fingerprint density at radius 1 is 1.33 bits per heavy atom. The summed E-state index contributed by atoms with van der Waals surface area (Å²) in [5.74, 6) is -0.00184. The molecule has 1 N–H and O–H groups in total. The third kappa shape index (κ3) is 3.65. The van der Waals surface area contributed by atoms with Crippen molar-refractivity contribution in [1.82, 2.24) is 0 Å². The van der Waals surface area contributed by atoms with Crippen LogP contribution in [-0.2, 0) is 4.79 Å². The molecule has 0 bridgehead atoms. The summed E-state index contributed by atoms with van der Waals surface area (Å²) in [6.07, 6.45) is 0.908. The molecule has 0 heterocycles. The van der Waals surface area contributed by atoms with Gasteiger partial charge in [-0.2, -0.15) is 0 Å². The highest BCUT2D eigenvalue weighted by Crippen LogP contribution is 2.21. The second-order valence-corrected chi connectivity index (χ2v) is 4.13. The van der Waals surface area contributed by atoms with Gasteiger partial charge in [-0.25, -0.2) is 4.79 Å². The fourth-order valence-electron chi connectivity index (χ4n) is 1.82. The Hall–Kier alpha value is -1.71. The van der Waals surface area contributed by atoms with E-state index in [-0.39, 0.29) is 0 Å². The summed E-state index contributed by atoms with van der Waals surface area (Å²) in [4.78, 5) is 13.0. The van der Waals surface area contributed by atoms with E-state index in [4.69, 9.17) is 9.84 Å². The molecule has 0 unspecified atom stereocenters. The zero-order valence-electron chi connectivity index (χ0n) is 11.2. The highest BCUT2D eigenvalue weighted by Gasteiger charge is 2.20. The molecule has 0 spiro atoms. The largest absolute Gasteiger partial charge is 0.494 e. The number of hydrogen-bond acceptors (Lipinski definition) is 3. The monoisotopic (exact) mass is 251 g/mol. The van der Waals surface area contributed by atoms with E-state index < -0.39 is 12.0 Å². The molecule has 0 aliphatic carbocycles. The average molecular weight is 251 g/mol. The van der Waals surface area contributed by atoms with Crippen molar-refractivity contribution in [1.29, 1.82) is 0 Å². The molecule has 1 atom stereocenters. The number of aliphatic carboxylic acids is 1. The summed E-state index contributed by atoms with van der Waals surface area (Å²) in [6, 6.07) is 7.02. The second-order valence-electron chi connectivity index (χ2n) is 4.13. The van der Waals surface area contributed by atoms with Crippen LogP contribution in [-0.4, -0.2) is 30.3 Å². The normalized spacial score (nSPS) is 11.9. The van der Waals surface area contributed by atoms with Crippen LogP contribution >= 0.6 is 0 Å². The molecule has 1 rings (SSSR count). The van der Waals surface area contributed by atoms with Crippen molar-refractivity contribution in [2.24, 2.45) is 0 Å². The maximum absolute atomic E-state index is 11.1. The quantitative estimate of drug-likeness (QED) is 0.809. The van der Waals surface area contributed by atoms with Crippen LogP contribution < -0.4 is 9.64 Å². The molecular formula is C14H21NO3. The molecule has 0 amide bonds. The maximum Gasteiger partial charge on any atom is 0.326 e. The molecule has 0 fully saturated rings. The molecule has 18 heavy (non-hydrogen) atoms. The lowest BCUT2D eigenvalue weighted by molar-refractivity contribution is -0.138. The standard InChI is InChI=1S/C14H21NO3/c1-4-10-15(11(3)14(16)17)12-6-8-13(9-7-12)18-5-2/h6-9,11H,4-5,10H2,1-3H3,(H,16,17)/t11-/m1/s1. The van der Waals surface area contributed by atoms with E-state index in [9.17, 15) is 4.79 Å². The lowest BCUT2D eigenvalue weighted by Crippen LogP contribution is -2.39. The Balaban J connectivity index is 2.88. The highest BCUT2D eigenvalue weighted by molar-refractivity contribution is 5.77. The van der Waals surface area contributed by atoms with Crippen molar-refractivity contribution >= 4 is 11.7 Å². The molecule has 1 aromatic rings. The van der Waals surface area contributed by atoms with Crippen LogP contribution in [0.4, 0.5) is 5.69 Å². The third-order valence-electron chi connectivity index (χ3n) is 2.77. The number of rotatable bonds is 7. The van der Waals surface area contributed by atoms with Crippen molar-refractivity contribution in [2.75, 3.05) is 18.1 Å². The molecule has 0 aliphatic heterocycles. The maximum atomic E-state index is 11.1. The minimum atomic E-state index is -0.808. The van der Waals surface area contributed by atoms with Crippen molar-refractivity contribution in [3.63, 3.8) is 0 Å². The number of hydrogen-bond donors (Lipinski definition) is 1. The van der Waals surface area contributed by atoms with Gasteiger partial charge in [-0.1, -0.05) is 6.92 Å².